The summed E-state index contributed by atoms with van der Waals surface area (Å²) in [5.41, 5.74) is 1.47. The highest BCUT2D eigenvalue weighted by molar-refractivity contribution is 6.72. The molecule has 2 amide bonds. The molecule has 47 heavy (non-hydrogen) atoms. The summed E-state index contributed by atoms with van der Waals surface area (Å²) in [4.78, 5) is 34.7. The number of nitrogens with one attached hydrogen (secondary N) is 1. The summed E-state index contributed by atoms with van der Waals surface area (Å²) >= 11 is 6.50. The number of carbonyl (C=O) groups excluding carboxylic acids is 2. The number of anilines is 3. The number of benzene rings is 3. The number of para-hydroxylation sites is 1. The first-order valence-corrected chi connectivity index (χ1v) is 19.9. The molecule has 0 radical (unpaired) electrons. The summed E-state index contributed by atoms with van der Waals surface area (Å²) in [6.07, 6.45) is 1.10. The third-order valence-electron chi connectivity index (χ3n) is 10.8. The van der Waals surface area contributed by atoms with Crippen molar-refractivity contribution in [2.24, 2.45) is 5.92 Å². The van der Waals surface area contributed by atoms with E-state index in [0.717, 1.165) is 42.9 Å². The van der Waals surface area contributed by atoms with Crippen molar-refractivity contribution in [3.63, 3.8) is 0 Å². The number of fused-ring (bicyclic) bond motifs is 2. The van der Waals surface area contributed by atoms with Gasteiger partial charge in [-0.3, -0.25) is 14.5 Å². The number of hydrogen-bond donors (Lipinski definition) is 2. The van der Waals surface area contributed by atoms with Gasteiger partial charge in [0.2, 0.25) is 8.41 Å². The van der Waals surface area contributed by atoms with Gasteiger partial charge in [-0.05, 0) is 93.5 Å². The third kappa shape index (κ3) is 5.11. The second kappa shape index (κ2) is 12.0. The van der Waals surface area contributed by atoms with Crippen molar-refractivity contribution in [3.8, 4) is 0 Å². The Morgan fingerprint density at radius 3 is 2.43 bits per heavy atom. The second-order valence-electron chi connectivity index (χ2n) is 13.9. The van der Waals surface area contributed by atoms with Gasteiger partial charge in [-0.2, -0.15) is 0 Å². The van der Waals surface area contributed by atoms with Crippen LogP contribution in [0.5, 0.6) is 0 Å². The van der Waals surface area contributed by atoms with Crippen LogP contribution in [0.4, 0.5) is 21.2 Å². The lowest BCUT2D eigenvalue weighted by Gasteiger charge is -2.39. The van der Waals surface area contributed by atoms with Crippen molar-refractivity contribution in [1.29, 1.82) is 0 Å². The maximum absolute atomic E-state index is 15.9. The Balaban J connectivity index is 1.22. The molecule has 4 aliphatic rings. The van der Waals surface area contributed by atoms with Gasteiger partial charge in [0, 0.05) is 40.0 Å². The number of ether oxygens (including phenoxy) is 1. The number of aliphatic hydroxyl groups is 1. The lowest BCUT2D eigenvalue weighted by molar-refractivity contribution is -0.146. The van der Waals surface area contributed by atoms with Crippen LogP contribution in [0.25, 0.3) is 0 Å². The molecule has 11 heteroatoms. The maximum atomic E-state index is 15.9. The van der Waals surface area contributed by atoms with Crippen molar-refractivity contribution in [2.45, 2.75) is 68.6 Å². The summed E-state index contributed by atoms with van der Waals surface area (Å²) in [6.45, 7) is 7.25. The predicted octanol–water partition coefficient (Wildman–Crippen LogP) is 5.98. The molecule has 2 spiro atoms. The molecule has 248 valence electrons. The highest BCUT2D eigenvalue weighted by atomic mass is 35.5. The summed E-state index contributed by atoms with van der Waals surface area (Å²) < 4.78 is 22.5. The van der Waals surface area contributed by atoms with Gasteiger partial charge in [-0.1, -0.05) is 48.9 Å². The first-order valence-electron chi connectivity index (χ1n) is 16.6. The Kier molecular flexibility index (Phi) is 8.24. The van der Waals surface area contributed by atoms with Crippen molar-refractivity contribution < 1.29 is 23.5 Å². The molecular weight excluding hydrogens is 635 g/mol. The topological polar surface area (TPSA) is 85.3 Å². The molecule has 3 aromatic rings. The van der Waals surface area contributed by atoms with Gasteiger partial charge in [0.05, 0.1) is 25.0 Å². The zero-order chi connectivity index (χ0) is 33.1. The first-order chi connectivity index (χ1) is 22.5. The van der Waals surface area contributed by atoms with Crippen molar-refractivity contribution in [3.05, 3.63) is 88.9 Å². The molecule has 2 N–H and O–H groups in total. The molecule has 0 aliphatic carbocycles. The number of aliphatic hydroxyl groups excluding tert-OH is 1. The summed E-state index contributed by atoms with van der Waals surface area (Å²) in [7, 11) is -3.30. The molecule has 0 saturated carbocycles. The van der Waals surface area contributed by atoms with Crippen LogP contribution in [0.3, 0.4) is 0 Å². The van der Waals surface area contributed by atoms with E-state index in [2.05, 4.69) is 22.3 Å². The van der Waals surface area contributed by atoms with E-state index in [-0.39, 0.29) is 31.4 Å². The third-order valence-corrected chi connectivity index (χ3v) is 13.5. The fourth-order valence-electron chi connectivity index (χ4n) is 8.75. The Labute approximate surface area is 281 Å². The van der Waals surface area contributed by atoms with Crippen molar-refractivity contribution in [2.75, 3.05) is 41.1 Å². The minimum atomic E-state index is -3.30. The SMILES string of the molecule is C[C@H]1[C@H]([Si](C)(C)F)[C@@H](CCO)O[C@]12C(=O)N(Cc1cccc(N3CN(c4ccccc4)C4(CCNCC4)C3=O)c1)c1ccc(Cl)cc12. The van der Waals surface area contributed by atoms with Gasteiger partial charge >= 0.3 is 0 Å². The van der Waals surface area contributed by atoms with Crippen LogP contribution in [0.2, 0.25) is 23.7 Å². The van der Waals surface area contributed by atoms with Gasteiger partial charge in [0.1, 0.15) is 5.54 Å². The number of nitrogens with zero attached hydrogens (tertiary/aromatic N) is 3. The molecule has 4 atom stereocenters. The van der Waals surface area contributed by atoms with Gasteiger partial charge in [0.25, 0.3) is 11.8 Å². The fourth-order valence-corrected chi connectivity index (χ4v) is 11.5. The van der Waals surface area contributed by atoms with Gasteiger partial charge in [-0.15, -0.1) is 0 Å². The Hall–Kier alpha value is -3.28. The lowest BCUT2D eigenvalue weighted by Crippen LogP contribution is -2.55. The molecule has 3 aromatic carbocycles. The quantitative estimate of drug-likeness (QED) is 0.237. The summed E-state index contributed by atoms with van der Waals surface area (Å²) in [6, 6.07) is 23.3. The number of amides is 2. The maximum Gasteiger partial charge on any atom is 0.264 e. The molecule has 3 saturated heterocycles. The van der Waals surface area contributed by atoms with Crippen molar-refractivity contribution in [1.82, 2.24) is 5.32 Å². The van der Waals surface area contributed by atoms with Gasteiger partial charge in [-0.25, -0.2) is 0 Å². The fraction of sp³-hybridized carbons (Fsp3) is 0.444. The molecule has 8 nitrogen and oxygen atoms in total. The van der Waals surface area contributed by atoms with Gasteiger partial charge < -0.3 is 29.1 Å². The molecule has 4 heterocycles. The monoisotopic (exact) mass is 676 g/mol. The normalized spacial score (nSPS) is 27.0. The summed E-state index contributed by atoms with van der Waals surface area (Å²) in [5, 5.41) is 13.7. The molecule has 0 bridgehead atoms. The van der Waals surface area contributed by atoms with Crippen LogP contribution in [-0.2, 0) is 26.5 Å². The smallest absolute Gasteiger partial charge is 0.264 e. The number of halogens is 2. The number of carbonyl (C=O) groups is 2. The molecular formula is C36H42ClFN4O4Si. The average Bonchev–Trinajstić information content (AvgIpc) is 3.59. The minimum Gasteiger partial charge on any atom is -0.396 e. The molecule has 3 fully saturated rings. The number of hydrogen-bond acceptors (Lipinski definition) is 6. The molecule has 4 aliphatic heterocycles. The molecule has 0 aromatic heterocycles. The highest BCUT2D eigenvalue weighted by Gasteiger charge is 2.66. The van der Waals surface area contributed by atoms with Crippen LogP contribution in [0.1, 0.15) is 37.3 Å². The number of rotatable bonds is 7. The van der Waals surface area contributed by atoms with E-state index in [1.165, 1.54) is 0 Å². The van der Waals surface area contributed by atoms with E-state index >= 15 is 4.11 Å². The van der Waals surface area contributed by atoms with Crippen LogP contribution >= 0.6 is 11.6 Å². The Morgan fingerprint density at radius 1 is 1.00 bits per heavy atom. The van der Waals surface area contributed by atoms with E-state index < -0.39 is 37.1 Å². The van der Waals surface area contributed by atoms with Crippen LogP contribution in [0, 0.1) is 5.92 Å². The second-order valence-corrected chi connectivity index (χ2v) is 18.2. The number of piperidine rings is 1. The molecule has 0 unspecified atom stereocenters. The predicted molar refractivity (Wildman–Crippen MR) is 185 cm³/mol. The zero-order valence-corrected chi connectivity index (χ0v) is 28.8. The van der Waals surface area contributed by atoms with E-state index in [9.17, 15) is 14.7 Å². The van der Waals surface area contributed by atoms with Gasteiger partial charge in [0.15, 0.2) is 5.60 Å². The van der Waals surface area contributed by atoms with E-state index in [4.69, 9.17) is 16.3 Å². The van der Waals surface area contributed by atoms with Crippen LogP contribution in [0.15, 0.2) is 72.8 Å². The summed E-state index contributed by atoms with van der Waals surface area (Å²) in [5.74, 6) is -0.625. The highest BCUT2D eigenvalue weighted by Crippen LogP contribution is 2.60. The largest absolute Gasteiger partial charge is 0.396 e. The van der Waals surface area contributed by atoms with E-state index in [1.807, 2.05) is 60.4 Å². The van der Waals surface area contributed by atoms with Crippen molar-refractivity contribution >= 4 is 48.9 Å². The Bertz CT molecular complexity index is 1680. The molecule has 7 rings (SSSR count). The standard InChI is InChI=1S/C36H42ClFN4O4Si/c1-24-32(47(2,3)38)31(14-19-43)46-36(24)29-21-26(37)12-13-30(29)40(34(36)45)22-25-8-7-11-28(20-25)41-23-42(27-9-5-4-6-10-27)35(33(41)44)15-17-39-18-16-35/h4-13,20-21,24,31-32,39,43H,14-19,22-23H2,1-3H3/t24-,31+,32-,36+/m0/s1. The van der Waals surface area contributed by atoms with Crippen LogP contribution < -0.4 is 20.0 Å². The van der Waals surface area contributed by atoms with E-state index in [0.29, 0.717) is 22.9 Å². The zero-order valence-electron chi connectivity index (χ0n) is 27.1. The van der Waals surface area contributed by atoms with E-state index in [1.54, 1.807) is 30.1 Å². The minimum absolute atomic E-state index is 0.0864. The van der Waals surface area contributed by atoms with Crippen LogP contribution in [-0.4, -0.2) is 63.3 Å². The average molecular weight is 677 g/mol. The first kappa shape index (κ1) is 32.3. The Morgan fingerprint density at radius 2 is 1.72 bits per heavy atom. The lowest BCUT2D eigenvalue weighted by atomic mass is 9.82.